The topological polar surface area (TPSA) is 340 Å². The molecule has 122 heavy (non-hydrogen) atoms. The van der Waals surface area contributed by atoms with Gasteiger partial charge in [-0.05, 0) is 102 Å². The maximum atomic E-state index is 12.2. The smallest absolute Gasteiger partial charge is 0.328 e. The molecule has 0 aromatic heterocycles. The Bertz CT molecular complexity index is 3820. The first-order valence-corrected chi connectivity index (χ1v) is 48.2. The van der Waals surface area contributed by atoms with E-state index in [-0.39, 0.29) is 103 Å². The van der Waals surface area contributed by atoms with Gasteiger partial charge in [-0.15, -0.1) is 0 Å². The number of hydrogen-bond acceptors (Lipinski definition) is 20. The fourth-order valence-electron chi connectivity index (χ4n) is 13.0. The van der Waals surface area contributed by atoms with E-state index in [0.29, 0.717) is 12.8 Å². The van der Waals surface area contributed by atoms with Crippen molar-refractivity contribution in [1.29, 1.82) is 0 Å². The zero-order valence-electron chi connectivity index (χ0n) is 77.0. The van der Waals surface area contributed by atoms with E-state index in [1.165, 1.54) is 52.6 Å². The van der Waals surface area contributed by atoms with Crippen LogP contribution in [0.15, 0.2) is 170 Å². The van der Waals surface area contributed by atoms with Gasteiger partial charge in [-0.3, -0.25) is 34.2 Å². The van der Waals surface area contributed by atoms with Crippen molar-refractivity contribution in [3.05, 3.63) is 209 Å². The van der Waals surface area contributed by atoms with E-state index in [1.807, 2.05) is 291 Å². The standard InChI is InChI=1S/C13H17N3O2.C11H14N2O.C11H13NO2.2C10H12N2O.2C10H11NO2.C4H11NO2.7C2H6.I2.V/c1-8(14)13(18)16-10-6-4-3-5-9(10)7-11(16)12(17)15-2;1-12-11(14)10-7-8-5-3-4-6-9(8)13(10)2;1-12-9-6-4-3-5-8(9)7-10(12)11(13)14-2;2*1-11-10(13)9-6-7-4-2-3-5-8(7)12-9;1-13-10(12)9-6-7-4-2-3-5-8(7)11-9;1-11-8-5-3-2-4-7(8)6-9(11)10(12)13;1-4(5-2)7-3-6;8*1-2;/h3-6,8,11H,7,14H2,1-2H3,(H,15,17);3-6,10H,7H2,1-2H3,(H,12,14);3-6,10H,7H2,1-2H3;2*2-5,9,12H,6H2,1H3,(H,11,13);2-5,9,11H,6H2,1H3;2-5,9H,6H2,1H3,(H,12,13);4-6H,3H2,1-2H3;7*1-2H3;;. The number of methoxy groups -OCH3 is 2. The fraction of sp³-hybridized carbons (Fsp3) is 0.462. The average molecular weight is 1960 g/mol. The second-order valence-corrected chi connectivity index (χ2v) is 25.5. The van der Waals surface area contributed by atoms with E-state index >= 15 is 0 Å². The number of nitrogens with zero attached hydrogens (tertiary/aromatic N) is 4. The summed E-state index contributed by atoms with van der Waals surface area (Å²) in [5.41, 5.74) is 21.2. The minimum Gasteiger partial charge on any atom is -0.480 e. The number of aliphatic hydroxyl groups excluding tert-OH is 1. The number of likely N-dealkylation sites (N-methyl/N-ethyl adjacent to an activating group) is 7. The van der Waals surface area contributed by atoms with Crippen molar-refractivity contribution in [1.82, 2.24) is 26.6 Å². The number of nitrogens with one attached hydrogen (secondary N) is 8. The van der Waals surface area contributed by atoms with Crippen LogP contribution in [0.2, 0.25) is 0 Å². The number of carbonyl (C=O) groups is 8. The van der Waals surface area contributed by atoms with Crippen molar-refractivity contribution in [3.63, 3.8) is 0 Å². The monoisotopic (exact) mass is 1950 g/mol. The van der Waals surface area contributed by atoms with E-state index in [1.54, 1.807) is 42.2 Å². The number of halogens is 2. The van der Waals surface area contributed by atoms with E-state index in [2.05, 4.69) is 107 Å². The Balaban J connectivity index is -0.00000130. The first-order valence-electron chi connectivity index (χ1n) is 41.9. The summed E-state index contributed by atoms with van der Waals surface area (Å²) in [5, 5.41) is 39.8. The Morgan fingerprint density at radius 1 is 0.402 bits per heavy atom. The van der Waals surface area contributed by atoms with Crippen LogP contribution in [-0.2, 0) is 116 Å². The zero-order chi connectivity index (χ0) is 92.4. The quantitative estimate of drug-likeness (QED) is 0.0325. The first kappa shape index (κ1) is 117. The van der Waals surface area contributed by atoms with Gasteiger partial charge in [0.1, 0.15) is 55.3 Å². The Labute approximate surface area is 764 Å². The van der Waals surface area contributed by atoms with Gasteiger partial charge in [0.05, 0.1) is 20.3 Å². The molecule has 1 radical (unpaired) electrons. The number of anilines is 7. The third kappa shape index (κ3) is 36.0. The minimum absolute atomic E-state index is 0. The van der Waals surface area contributed by atoms with Crippen LogP contribution in [0, 0.1) is 0 Å². The van der Waals surface area contributed by atoms with Crippen LogP contribution >= 0.6 is 37.2 Å². The van der Waals surface area contributed by atoms with Crippen LogP contribution in [0.5, 0.6) is 0 Å². The molecule has 26 nitrogen and oxygen atoms in total. The van der Waals surface area contributed by atoms with Gasteiger partial charge in [0.25, 0.3) is 0 Å². The van der Waals surface area contributed by atoms with E-state index in [9.17, 15) is 38.4 Å². The Morgan fingerprint density at radius 2 is 0.672 bits per heavy atom. The number of hydrogen-bond donors (Lipinski definition) is 11. The summed E-state index contributed by atoms with van der Waals surface area (Å²) >= 11 is 4.24. The van der Waals surface area contributed by atoms with Gasteiger partial charge >= 0.3 is 17.9 Å². The summed E-state index contributed by atoms with van der Waals surface area (Å²) in [7, 11) is 16.9. The molecule has 29 heteroatoms. The molecular formula is C93H143I2N13O13V. The van der Waals surface area contributed by atoms with E-state index in [0.717, 1.165) is 77.4 Å². The zero-order valence-corrected chi connectivity index (χ0v) is 82.7. The SMILES string of the molecule is CC.CC.CC.CC.CC.CC.CC.CN1c2ccccc2CC1C(=O)O.CNC(=O)C1Cc2ccccc2N1.CNC(=O)C1Cc2ccccc2N1.CNC(=O)C1Cc2ccccc2N1C.CNC(=O)C1Cc2ccccc2N1C(=O)C(C)N.CNC(C)OCO.COC(=O)C1Cc2ccccc2N1.COC(=O)C1Cc2ccccc2N1C.II.[V]. The van der Waals surface area contributed by atoms with Gasteiger partial charge in [0.2, 0.25) is 29.5 Å². The molecule has 7 aromatic rings. The molecule has 14 rings (SSSR count). The van der Waals surface area contributed by atoms with Crippen LogP contribution in [0.4, 0.5) is 39.8 Å². The molecule has 0 saturated heterocycles. The summed E-state index contributed by atoms with van der Waals surface area (Å²) in [6.45, 7) is 31.2. The second kappa shape index (κ2) is 67.5. The van der Waals surface area contributed by atoms with Crippen LogP contribution in [0.25, 0.3) is 0 Å². The number of ether oxygens (including phenoxy) is 3. The van der Waals surface area contributed by atoms with Crippen molar-refractivity contribution in [2.24, 2.45) is 5.73 Å². The molecule has 9 unspecified atom stereocenters. The molecule has 677 valence electrons. The van der Waals surface area contributed by atoms with Gasteiger partial charge in [-0.25, -0.2) is 14.4 Å². The molecule has 5 amide bonds. The Hall–Kier alpha value is -9.02. The third-order valence-electron chi connectivity index (χ3n) is 18.9. The number of benzene rings is 7. The van der Waals surface area contributed by atoms with Gasteiger partial charge in [0, 0.05) is 190 Å². The fourth-order valence-corrected chi connectivity index (χ4v) is 13.0. The van der Waals surface area contributed by atoms with Crippen LogP contribution in [-0.4, -0.2) is 190 Å². The van der Waals surface area contributed by atoms with Crippen LogP contribution in [0.3, 0.4) is 0 Å². The van der Waals surface area contributed by atoms with Gasteiger partial charge in [-0.2, -0.15) is 0 Å². The predicted molar refractivity (Wildman–Crippen MR) is 517 cm³/mol. The number of nitrogens with two attached hydrogens (primary N) is 1. The number of carbonyl (C=O) groups excluding carboxylic acids is 7. The number of carboxylic acid groups (broad SMARTS) is 1. The molecular weight excluding hydrogens is 1810 g/mol. The molecule has 0 aliphatic carbocycles. The minimum atomic E-state index is -0.751. The number of rotatable bonds is 11. The summed E-state index contributed by atoms with van der Waals surface area (Å²) < 4.78 is 14.1. The molecule has 7 heterocycles. The Morgan fingerprint density at radius 3 is 0.975 bits per heavy atom. The number of aliphatic hydroxyl groups is 1. The van der Waals surface area contributed by atoms with Crippen molar-refractivity contribution < 1.29 is 81.3 Å². The molecule has 7 aliphatic rings. The van der Waals surface area contributed by atoms with E-state index < -0.39 is 24.1 Å². The second-order valence-electron chi connectivity index (χ2n) is 25.5. The van der Waals surface area contributed by atoms with Gasteiger partial charge in [-0.1, -0.05) is 224 Å². The largest absolute Gasteiger partial charge is 0.480 e. The third-order valence-corrected chi connectivity index (χ3v) is 18.9. The van der Waals surface area contributed by atoms with Crippen molar-refractivity contribution >= 4 is 124 Å². The van der Waals surface area contributed by atoms with E-state index in [4.69, 9.17) is 20.7 Å². The number of amides is 5. The van der Waals surface area contributed by atoms with Crippen LogP contribution < -0.4 is 67.9 Å². The molecule has 7 aromatic carbocycles. The first-order chi connectivity index (χ1) is 58.5. The maximum absolute atomic E-state index is 12.2. The molecule has 0 fully saturated rings. The predicted octanol–water partition coefficient (Wildman–Crippen LogP) is 14.4. The Kier molecular flexibility index (Phi) is 64.8. The van der Waals surface area contributed by atoms with Gasteiger partial charge < -0.3 is 82.1 Å². The maximum Gasteiger partial charge on any atom is 0.328 e. The number of aliphatic carboxylic acids is 1. The molecule has 0 saturated carbocycles. The summed E-state index contributed by atoms with van der Waals surface area (Å²) in [6.07, 6.45) is 4.96. The van der Waals surface area contributed by atoms with Crippen LogP contribution in [0.1, 0.15) is 150 Å². The van der Waals surface area contributed by atoms with Crippen molar-refractivity contribution in [2.75, 3.05) is 113 Å². The summed E-state index contributed by atoms with van der Waals surface area (Å²) in [6, 6.07) is 53.4. The molecule has 0 bridgehead atoms. The molecule has 9 atom stereocenters. The molecule has 12 N–H and O–H groups in total. The summed E-state index contributed by atoms with van der Waals surface area (Å²) in [5.74, 6) is -1.32. The number of fused-ring (bicyclic) bond motifs is 7. The average Bonchev–Trinajstić information content (AvgIpc) is 1.66. The number of para-hydroxylation sites is 7. The number of esters is 2. The van der Waals surface area contributed by atoms with Crippen molar-refractivity contribution in [2.45, 2.75) is 210 Å². The molecule has 0 spiro atoms. The van der Waals surface area contributed by atoms with Gasteiger partial charge in [0.15, 0.2) is 0 Å². The normalized spacial score (nSPS) is 16.7. The number of carboxylic acids is 1. The van der Waals surface area contributed by atoms with Crippen molar-refractivity contribution in [3.8, 4) is 0 Å². The summed E-state index contributed by atoms with van der Waals surface area (Å²) in [4.78, 5) is 99.0. The molecule has 7 aliphatic heterocycles.